The van der Waals surface area contributed by atoms with E-state index in [9.17, 15) is 0 Å². The van der Waals surface area contributed by atoms with Crippen molar-refractivity contribution < 1.29 is 9.47 Å². The summed E-state index contributed by atoms with van der Waals surface area (Å²) in [5.74, 6) is 2.15. The Kier molecular flexibility index (Phi) is 9.58. The normalized spacial score (nSPS) is 10.8. The smallest absolute Gasteiger partial charge is 0.191 e. The molecule has 0 radical (unpaired) electrons. The van der Waals surface area contributed by atoms with Crippen molar-refractivity contribution in [3.8, 4) is 11.5 Å². The van der Waals surface area contributed by atoms with Crippen molar-refractivity contribution in [2.45, 2.75) is 20.0 Å². The molecular formula is C17H23BrIN3O2S. The molecule has 25 heavy (non-hydrogen) atoms. The summed E-state index contributed by atoms with van der Waals surface area (Å²) in [6.07, 6.45) is 0. The Morgan fingerprint density at radius 3 is 2.32 bits per heavy atom. The number of nitrogens with one attached hydrogen (secondary N) is 2. The average molecular weight is 540 g/mol. The molecule has 0 atom stereocenters. The molecule has 2 N–H and O–H groups in total. The summed E-state index contributed by atoms with van der Waals surface area (Å²) in [5, 5.41) is 6.63. The first-order valence-corrected chi connectivity index (χ1v) is 9.08. The zero-order valence-electron chi connectivity index (χ0n) is 14.7. The van der Waals surface area contributed by atoms with E-state index in [1.807, 2.05) is 12.1 Å². The third-order valence-electron chi connectivity index (χ3n) is 3.45. The molecule has 1 aromatic carbocycles. The van der Waals surface area contributed by atoms with Gasteiger partial charge >= 0.3 is 0 Å². The summed E-state index contributed by atoms with van der Waals surface area (Å²) in [7, 11) is 5.02. The largest absolute Gasteiger partial charge is 0.493 e. The maximum absolute atomic E-state index is 5.35. The average Bonchev–Trinajstić information content (AvgIpc) is 3.01. The van der Waals surface area contributed by atoms with Crippen molar-refractivity contribution in [1.29, 1.82) is 0 Å². The van der Waals surface area contributed by atoms with E-state index in [2.05, 4.69) is 50.6 Å². The summed E-state index contributed by atoms with van der Waals surface area (Å²) in [5.41, 5.74) is 1.06. The van der Waals surface area contributed by atoms with Gasteiger partial charge < -0.3 is 20.1 Å². The van der Waals surface area contributed by atoms with E-state index in [0.29, 0.717) is 18.0 Å². The number of methoxy groups -OCH3 is 2. The second-order valence-corrected chi connectivity index (χ2v) is 7.32. The maximum atomic E-state index is 5.35. The number of ether oxygens (including phenoxy) is 2. The van der Waals surface area contributed by atoms with E-state index in [0.717, 1.165) is 22.5 Å². The van der Waals surface area contributed by atoms with E-state index < -0.39 is 0 Å². The monoisotopic (exact) mass is 539 g/mol. The standard InChI is InChI=1S/C17H22BrN3O2S.HI/c1-11-5-6-13(24-11)10-21-17(19-2)20-9-12-7-15(22-3)16(23-4)8-14(12)18;/h5-8H,9-10H2,1-4H3,(H2,19,20,21);1H. The SMILES string of the molecule is CN=C(NCc1ccc(C)s1)NCc1cc(OC)c(OC)cc1Br.I. The van der Waals surface area contributed by atoms with Crippen LogP contribution in [-0.4, -0.2) is 27.2 Å². The molecule has 0 unspecified atom stereocenters. The van der Waals surface area contributed by atoms with E-state index in [1.54, 1.807) is 32.6 Å². The van der Waals surface area contributed by atoms with Gasteiger partial charge in [0.15, 0.2) is 17.5 Å². The van der Waals surface area contributed by atoms with Crippen LogP contribution in [0.25, 0.3) is 0 Å². The van der Waals surface area contributed by atoms with Gasteiger partial charge in [0.1, 0.15) is 0 Å². The molecule has 0 saturated heterocycles. The minimum absolute atomic E-state index is 0. The molecule has 0 aliphatic heterocycles. The highest BCUT2D eigenvalue weighted by Gasteiger charge is 2.10. The number of nitrogens with zero attached hydrogens (tertiary/aromatic N) is 1. The fourth-order valence-electron chi connectivity index (χ4n) is 2.18. The van der Waals surface area contributed by atoms with Gasteiger partial charge in [-0.3, -0.25) is 4.99 Å². The Morgan fingerprint density at radius 1 is 1.12 bits per heavy atom. The summed E-state index contributed by atoms with van der Waals surface area (Å²) in [6, 6.07) is 8.11. The fourth-order valence-corrected chi connectivity index (χ4v) is 3.47. The van der Waals surface area contributed by atoms with Crippen LogP contribution in [0.15, 0.2) is 33.7 Å². The lowest BCUT2D eigenvalue weighted by atomic mass is 10.2. The summed E-state index contributed by atoms with van der Waals surface area (Å²) < 4.78 is 11.6. The van der Waals surface area contributed by atoms with Crippen molar-refractivity contribution >= 4 is 57.2 Å². The third kappa shape index (κ3) is 6.34. The Labute approximate surface area is 178 Å². The predicted molar refractivity (Wildman–Crippen MR) is 119 cm³/mol. The van der Waals surface area contributed by atoms with Crippen LogP contribution >= 0.6 is 51.2 Å². The van der Waals surface area contributed by atoms with Crippen LogP contribution in [0.5, 0.6) is 11.5 Å². The zero-order valence-corrected chi connectivity index (χ0v) is 19.4. The van der Waals surface area contributed by atoms with E-state index >= 15 is 0 Å². The molecule has 5 nitrogen and oxygen atoms in total. The summed E-state index contributed by atoms with van der Waals surface area (Å²) in [6.45, 7) is 3.48. The molecule has 0 spiro atoms. The van der Waals surface area contributed by atoms with Gasteiger partial charge in [-0.2, -0.15) is 0 Å². The van der Waals surface area contributed by atoms with Crippen LogP contribution in [0.1, 0.15) is 15.3 Å². The maximum Gasteiger partial charge on any atom is 0.191 e. The molecule has 0 fully saturated rings. The van der Waals surface area contributed by atoms with Gasteiger partial charge in [0, 0.05) is 27.8 Å². The number of rotatable bonds is 6. The first-order valence-electron chi connectivity index (χ1n) is 7.47. The van der Waals surface area contributed by atoms with Gasteiger partial charge in [0.2, 0.25) is 0 Å². The first kappa shape index (κ1) is 22.0. The number of aryl methyl sites for hydroxylation is 1. The number of aliphatic imine (C=N–C) groups is 1. The number of guanidine groups is 1. The van der Waals surface area contributed by atoms with Crippen LogP contribution < -0.4 is 20.1 Å². The lowest BCUT2D eigenvalue weighted by Gasteiger charge is -2.14. The molecule has 138 valence electrons. The molecule has 1 aromatic heterocycles. The van der Waals surface area contributed by atoms with Crippen LogP contribution in [0.4, 0.5) is 0 Å². The second-order valence-electron chi connectivity index (χ2n) is 5.09. The number of hydrogen-bond acceptors (Lipinski definition) is 4. The molecule has 0 saturated carbocycles. The fraction of sp³-hybridized carbons (Fsp3) is 0.353. The van der Waals surface area contributed by atoms with Crippen LogP contribution in [0, 0.1) is 6.92 Å². The lowest BCUT2D eigenvalue weighted by molar-refractivity contribution is 0.354. The molecule has 8 heteroatoms. The van der Waals surface area contributed by atoms with E-state index in [-0.39, 0.29) is 24.0 Å². The highest BCUT2D eigenvalue weighted by Crippen LogP contribution is 2.33. The third-order valence-corrected chi connectivity index (χ3v) is 5.19. The minimum Gasteiger partial charge on any atom is -0.493 e. The number of hydrogen-bond donors (Lipinski definition) is 2. The molecule has 2 rings (SSSR count). The minimum atomic E-state index is 0. The Balaban J connectivity index is 0.00000312. The zero-order chi connectivity index (χ0) is 17.5. The Bertz CT molecular complexity index is 722. The quantitative estimate of drug-likeness (QED) is 0.326. The van der Waals surface area contributed by atoms with Crippen molar-refractivity contribution in [3.63, 3.8) is 0 Å². The topological polar surface area (TPSA) is 54.9 Å². The highest BCUT2D eigenvalue weighted by molar-refractivity contribution is 14.0. The van der Waals surface area contributed by atoms with Crippen molar-refractivity contribution in [1.82, 2.24) is 10.6 Å². The van der Waals surface area contributed by atoms with Gasteiger partial charge in [0.25, 0.3) is 0 Å². The number of thiophene rings is 1. The van der Waals surface area contributed by atoms with Crippen LogP contribution in [-0.2, 0) is 13.1 Å². The molecule has 0 bridgehead atoms. The van der Waals surface area contributed by atoms with Gasteiger partial charge in [-0.1, -0.05) is 15.9 Å². The molecule has 2 aromatic rings. The van der Waals surface area contributed by atoms with E-state index in [4.69, 9.17) is 9.47 Å². The van der Waals surface area contributed by atoms with Gasteiger partial charge in [-0.25, -0.2) is 0 Å². The Hall–Kier alpha value is -1.00. The first-order chi connectivity index (χ1) is 11.6. The molecular weight excluding hydrogens is 517 g/mol. The predicted octanol–water partition coefficient (Wildman–Crippen LogP) is 4.32. The number of halogens is 2. The van der Waals surface area contributed by atoms with E-state index in [1.165, 1.54) is 9.75 Å². The number of benzene rings is 1. The van der Waals surface area contributed by atoms with Gasteiger partial charge in [-0.15, -0.1) is 35.3 Å². The van der Waals surface area contributed by atoms with Crippen molar-refractivity contribution in [2.75, 3.05) is 21.3 Å². The van der Waals surface area contributed by atoms with Crippen LogP contribution in [0.2, 0.25) is 0 Å². The van der Waals surface area contributed by atoms with Crippen LogP contribution in [0.3, 0.4) is 0 Å². The van der Waals surface area contributed by atoms with Crippen molar-refractivity contribution in [3.05, 3.63) is 44.1 Å². The summed E-state index contributed by atoms with van der Waals surface area (Å²) >= 11 is 5.35. The summed E-state index contributed by atoms with van der Waals surface area (Å²) in [4.78, 5) is 6.85. The molecule has 1 heterocycles. The highest BCUT2D eigenvalue weighted by atomic mass is 127. The molecule has 0 amide bonds. The van der Waals surface area contributed by atoms with Gasteiger partial charge in [-0.05, 0) is 36.8 Å². The Morgan fingerprint density at radius 2 is 1.76 bits per heavy atom. The van der Waals surface area contributed by atoms with Crippen molar-refractivity contribution in [2.24, 2.45) is 4.99 Å². The lowest BCUT2D eigenvalue weighted by Crippen LogP contribution is -2.36. The second kappa shape index (κ2) is 10.9. The molecule has 0 aliphatic rings. The molecule has 0 aliphatic carbocycles. The van der Waals surface area contributed by atoms with Gasteiger partial charge in [0.05, 0.1) is 20.8 Å².